The van der Waals surface area contributed by atoms with E-state index >= 15 is 0 Å². The van der Waals surface area contributed by atoms with E-state index in [9.17, 15) is 4.79 Å². The zero-order valence-electron chi connectivity index (χ0n) is 8.79. The van der Waals surface area contributed by atoms with Crippen molar-refractivity contribution >= 4 is 11.4 Å². The highest BCUT2D eigenvalue weighted by Gasteiger charge is 2.33. The van der Waals surface area contributed by atoms with Crippen molar-refractivity contribution in [2.75, 3.05) is 0 Å². The topological polar surface area (TPSA) is 17.1 Å². The van der Waals surface area contributed by atoms with Gasteiger partial charge >= 0.3 is 0 Å². The monoisotopic (exact) mass is 206 g/mol. The molecule has 0 bridgehead atoms. The normalized spacial score (nSPS) is 20.0. The number of carbonyl (C=O) groups is 1. The highest BCUT2D eigenvalue weighted by atomic mass is 16.1. The SMILES string of the molecule is O=C1Cc2cccc3c2C1=C1C=CC=C1C3. The minimum Gasteiger partial charge on any atom is -0.294 e. The molecule has 0 spiro atoms. The Hall–Kier alpha value is -1.89. The molecule has 0 saturated carbocycles. The molecule has 76 valence electrons. The maximum Gasteiger partial charge on any atom is 0.168 e. The molecule has 0 heterocycles. The molecule has 3 aliphatic carbocycles. The predicted molar refractivity (Wildman–Crippen MR) is 63.0 cm³/mol. The van der Waals surface area contributed by atoms with Crippen LogP contribution in [-0.2, 0) is 17.6 Å². The fourth-order valence-corrected chi connectivity index (χ4v) is 3.02. The molecule has 1 heteroatoms. The van der Waals surface area contributed by atoms with Gasteiger partial charge in [0.1, 0.15) is 0 Å². The van der Waals surface area contributed by atoms with Crippen LogP contribution in [0.25, 0.3) is 5.57 Å². The smallest absolute Gasteiger partial charge is 0.168 e. The van der Waals surface area contributed by atoms with Crippen LogP contribution in [0.5, 0.6) is 0 Å². The second-order valence-electron chi connectivity index (χ2n) is 4.57. The fraction of sp³-hybridized carbons (Fsp3) is 0.133. The maximum atomic E-state index is 12.1. The number of rotatable bonds is 0. The van der Waals surface area contributed by atoms with Crippen LogP contribution < -0.4 is 0 Å². The van der Waals surface area contributed by atoms with Crippen molar-refractivity contribution < 1.29 is 4.79 Å². The Balaban J connectivity index is 2.15. The Morgan fingerprint density at radius 3 is 2.75 bits per heavy atom. The van der Waals surface area contributed by atoms with Gasteiger partial charge in [-0.1, -0.05) is 36.4 Å². The van der Waals surface area contributed by atoms with E-state index in [2.05, 4.69) is 36.4 Å². The summed E-state index contributed by atoms with van der Waals surface area (Å²) < 4.78 is 0. The summed E-state index contributed by atoms with van der Waals surface area (Å²) in [7, 11) is 0. The maximum absolute atomic E-state index is 12.1. The molecule has 4 rings (SSSR count). The van der Waals surface area contributed by atoms with Crippen molar-refractivity contribution in [3.8, 4) is 0 Å². The second-order valence-corrected chi connectivity index (χ2v) is 4.57. The summed E-state index contributed by atoms with van der Waals surface area (Å²) in [5.74, 6) is 0.287. The minimum atomic E-state index is 0.287. The first kappa shape index (κ1) is 8.28. The van der Waals surface area contributed by atoms with Crippen LogP contribution in [0, 0.1) is 0 Å². The van der Waals surface area contributed by atoms with Gasteiger partial charge in [-0.25, -0.2) is 0 Å². The van der Waals surface area contributed by atoms with Gasteiger partial charge in [0, 0.05) is 12.0 Å². The number of Topliss-reactive ketones (excluding diaryl/α,β-unsaturated/α-hetero) is 1. The molecule has 0 saturated heterocycles. The lowest BCUT2D eigenvalue weighted by atomic mass is 9.84. The standard InChI is InChI=1S/C15H10O/c16-13-8-11-5-1-4-10-7-9-3-2-6-12(9)15(13)14(10)11/h1-6H,7-8H2. The van der Waals surface area contributed by atoms with Crippen molar-refractivity contribution in [2.45, 2.75) is 12.8 Å². The summed E-state index contributed by atoms with van der Waals surface area (Å²) in [6, 6.07) is 6.30. The van der Waals surface area contributed by atoms with Crippen LogP contribution in [0.2, 0.25) is 0 Å². The third kappa shape index (κ3) is 0.843. The van der Waals surface area contributed by atoms with Crippen LogP contribution in [0.15, 0.2) is 47.6 Å². The van der Waals surface area contributed by atoms with Gasteiger partial charge < -0.3 is 0 Å². The lowest BCUT2D eigenvalue weighted by molar-refractivity contribution is -0.112. The van der Waals surface area contributed by atoms with Gasteiger partial charge in [-0.05, 0) is 34.3 Å². The highest BCUT2D eigenvalue weighted by molar-refractivity contribution is 6.28. The van der Waals surface area contributed by atoms with Gasteiger partial charge in [0.25, 0.3) is 0 Å². The average molecular weight is 206 g/mol. The first-order valence-electron chi connectivity index (χ1n) is 5.61. The number of ketones is 1. The number of hydrogen-bond donors (Lipinski definition) is 0. The molecular weight excluding hydrogens is 196 g/mol. The molecule has 0 amide bonds. The van der Waals surface area contributed by atoms with Crippen molar-refractivity contribution in [2.24, 2.45) is 0 Å². The number of hydrogen-bond acceptors (Lipinski definition) is 1. The number of fused-ring (bicyclic) bond motifs is 1. The summed E-state index contributed by atoms with van der Waals surface area (Å²) in [6.45, 7) is 0. The van der Waals surface area contributed by atoms with E-state index in [0.717, 1.165) is 12.0 Å². The molecule has 3 aliphatic rings. The van der Waals surface area contributed by atoms with Gasteiger partial charge in [0.05, 0.1) is 0 Å². The molecule has 1 aromatic rings. The van der Waals surface area contributed by atoms with E-state index in [1.165, 1.54) is 27.8 Å². The summed E-state index contributed by atoms with van der Waals surface area (Å²) in [4.78, 5) is 12.1. The van der Waals surface area contributed by atoms with E-state index in [1.54, 1.807) is 0 Å². The summed E-state index contributed by atoms with van der Waals surface area (Å²) >= 11 is 0. The molecular formula is C15H10O. The molecule has 0 unspecified atom stereocenters. The Bertz CT molecular complexity index is 627. The molecule has 0 aromatic heterocycles. The first-order chi connectivity index (χ1) is 7.84. The lowest BCUT2D eigenvalue weighted by Gasteiger charge is -2.19. The third-order valence-corrected chi connectivity index (χ3v) is 3.67. The first-order valence-corrected chi connectivity index (χ1v) is 5.61. The molecule has 0 radical (unpaired) electrons. The van der Waals surface area contributed by atoms with E-state index in [-0.39, 0.29) is 5.78 Å². The Morgan fingerprint density at radius 2 is 1.88 bits per heavy atom. The summed E-state index contributed by atoms with van der Waals surface area (Å²) in [5, 5.41) is 0. The van der Waals surface area contributed by atoms with Crippen LogP contribution in [0.4, 0.5) is 0 Å². The van der Waals surface area contributed by atoms with Crippen molar-refractivity contribution in [3.63, 3.8) is 0 Å². The lowest BCUT2D eigenvalue weighted by Crippen LogP contribution is -2.07. The molecule has 0 fully saturated rings. The predicted octanol–water partition coefficient (Wildman–Crippen LogP) is 2.62. The van der Waals surface area contributed by atoms with Gasteiger partial charge in [0.2, 0.25) is 0 Å². The molecule has 1 aromatic carbocycles. The second kappa shape index (κ2) is 2.62. The quantitative estimate of drug-likeness (QED) is 0.637. The molecule has 0 atom stereocenters. The molecule has 1 nitrogen and oxygen atoms in total. The van der Waals surface area contributed by atoms with Crippen molar-refractivity contribution in [3.05, 3.63) is 64.3 Å². The van der Waals surface area contributed by atoms with E-state index < -0.39 is 0 Å². The largest absolute Gasteiger partial charge is 0.294 e. The zero-order chi connectivity index (χ0) is 10.7. The summed E-state index contributed by atoms with van der Waals surface area (Å²) in [5.41, 5.74) is 7.20. The third-order valence-electron chi connectivity index (χ3n) is 3.67. The Kier molecular flexibility index (Phi) is 1.35. The van der Waals surface area contributed by atoms with E-state index in [1.807, 2.05) is 0 Å². The minimum absolute atomic E-state index is 0.287. The van der Waals surface area contributed by atoms with Crippen molar-refractivity contribution in [1.29, 1.82) is 0 Å². The van der Waals surface area contributed by atoms with Crippen LogP contribution in [-0.4, -0.2) is 5.78 Å². The van der Waals surface area contributed by atoms with Gasteiger partial charge in [0.15, 0.2) is 5.78 Å². The zero-order valence-corrected chi connectivity index (χ0v) is 8.79. The van der Waals surface area contributed by atoms with Gasteiger partial charge in [-0.2, -0.15) is 0 Å². The van der Waals surface area contributed by atoms with E-state index in [0.29, 0.717) is 6.42 Å². The van der Waals surface area contributed by atoms with E-state index in [4.69, 9.17) is 0 Å². The van der Waals surface area contributed by atoms with Crippen LogP contribution >= 0.6 is 0 Å². The molecule has 0 aliphatic heterocycles. The Labute approximate surface area is 93.8 Å². The van der Waals surface area contributed by atoms with Crippen LogP contribution in [0.3, 0.4) is 0 Å². The molecule has 16 heavy (non-hydrogen) atoms. The van der Waals surface area contributed by atoms with Crippen LogP contribution in [0.1, 0.15) is 16.7 Å². The highest BCUT2D eigenvalue weighted by Crippen LogP contribution is 2.43. The van der Waals surface area contributed by atoms with Gasteiger partial charge in [-0.15, -0.1) is 0 Å². The molecule has 0 N–H and O–H groups in total. The number of carbonyl (C=O) groups excluding carboxylic acids is 1. The average Bonchev–Trinajstić information content (AvgIpc) is 2.84. The Morgan fingerprint density at radius 1 is 1.06 bits per heavy atom. The fourth-order valence-electron chi connectivity index (χ4n) is 3.02. The van der Waals surface area contributed by atoms with Gasteiger partial charge in [-0.3, -0.25) is 4.79 Å². The number of benzene rings is 1. The summed E-state index contributed by atoms with van der Waals surface area (Å²) in [6.07, 6.45) is 7.82. The number of allylic oxidation sites excluding steroid dienone is 6. The van der Waals surface area contributed by atoms with Crippen molar-refractivity contribution in [1.82, 2.24) is 0 Å².